The minimum Gasteiger partial charge on any atom is -0.464 e. The van der Waals surface area contributed by atoms with Crippen molar-refractivity contribution in [2.75, 3.05) is 54.0 Å². The third-order valence-electron chi connectivity index (χ3n) is 14.1. The Kier molecular flexibility index (Phi) is 14.3. The summed E-state index contributed by atoms with van der Waals surface area (Å²) in [7, 11) is 5.10. The molecule has 5 aliphatic rings. The molecule has 1 aromatic carbocycles. The van der Waals surface area contributed by atoms with Crippen molar-refractivity contribution in [2.24, 2.45) is 16.3 Å². The zero-order valence-electron chi connectivity index (χ0n) is 40.5. The van der Waals surface area contributed by atoms with E-state index >= 15 is 0 Å². The van der Waals surface area contributed by atoms with E-state index in [0.717, 1.165) is 64.1 Å². The number of hydrogen-bond donors (Lipinski definition) is 3. The normalized spacial score (nSPS) is 24.1. The van der Waals surface area contributed by atoms with E-state index in [9.17, 15) is 24.0 Å². The van der Waals surface area contributed by atoms with Gasteiger partial charge in [-0.05, 0) is 76.0 Å². The van der Waals surface area contributed by atoms with Crippen molar-refractivity contribution in [3.8, 4) is 11.3 Å². The number of benzene rings is 1. The van der Waals surface area contributed by atoms with E-state index in [0.29, 0.717) is 56.9 Å². The minimum atomic E-state index is -1.08. The number of rotatable bonds is 10. The number of aliphatic imine (C=N–C) groups is 1. The second-order valence-corrected chi connectivity index (χ2v) is 20.9. The number of hydrogen-bond acceptors (Lipinski definition) is 12. The predicted molar refractivity (Wildman–Crippen MR) is 258 cm³/mol. The van der Waals surface area contributed by atoms with Crippen LogP contribution in [0.15, 0.2) is 34.3 Å². The van der Waals surface area contributed by atoms with Gasteiger partial charge in [-0.15, -0.1) is 11.3 Å². The third-order valence-corrected chi connectivity index (χ3v) is 14.9. The molecule has 0 radical (unpaired) electrons. The molecule has 67 heavy (non-hydrogen) atoms. The van der Waals surface area contributed by atoms with Gasteiger partial charge in [0, 0.05) is 99.4 Å². The molecule has 5 aliphatic heterocycles. The van der Waals surface area contributed by atoms with Crippen LogP contribution in [0.4, 0.5) is 4.79 Å². The Balaban J connectivity index is 1.12. The molecule has 7 heterocycles. The molecular weight excluding hydrogens is 873 g/mol. The van der Waals surface area contributed by atoms with Crippen molar-refractivity contribution >= 4 is 63.7 Å². The number of aromatic nitrogens is 2. The van der Waals surface area contributed by atoms with E-state index in [1.165, 1.54) is 21.2 Å². The number of amides is 5. The number of aryl methyl sites for hydroxylation is 1. The van der Waals surface area contributed by atoms with E-state index in [1.807, 2.05) is 32.4 Å². The predicted octanol–water partition coefficient (Wildman–Crippen LogP) is 4.62. The number of likely N-dealkylation sites (N-methyl/N-ethyl adjacent to an activating group) is 2. The number of cyclic esters (lactones) is 1. The first-order valence-electron chi connectivity index (χ1n) is 23.9. The van der Waals surface area contributed by atoms with Crippen LogP contribution in [0.2, 0.25) is 0 Å². The highest BCUT2D eigenvalue weighted by Crippen LogP contribution is 2.42. The Morgan fingerprint density at radius 3 is 2.61 bits per heavy atom. The summed E-state index contributed by atoms with van der Waals surface area (Å²) in [5, 5.41) is 11.3. The summed E-state index contributed by atoms with van der Waals surface area (Å²) in [6, 6.07) is 3.07. The zero-order valence-corrected chi connectivity index (χ0v) is 41.3. The lowest BCUT2D eigenvalue weighted by atomic mass is 9.83. The number of hydrazine groups is 1. The Morgan fingerprint density at radius 2 is 1.90 bits per heavy atom. The molecule has 8 rings (SSSR count). The number of allylic oxidation sites excluding steroid dienone is 1. The fraction of sp³-hybridized carbons (Fsp3) is 0.612. The lowest BCUT2D eigenvalue weighted by Crippen LogP contribution is -2.62. The molecule has 0 aliphatic carbocycles. The molecule has 3 saturated heterocycles. The van der Waals surface area contributed by atoms with Gasteiger partial charge in [-0.2, -0.15) is 0 Å². The number of likely N-dealkylation sites (tertiary alicyclic amines) is 1. The van der Waals surface area contributed by atoms with E-state index in [1.54, 1.807) is 31.0 Å². The first-order chi connectivity index (χ1) is 32.0. The van der Waals surface area contributed by atoms with E-state index < -0.39 is 41.3 Å². The van der Waals surface area contributed by atoms with E-state index in [4.69, 9.17) is 19.5 Å². The summed E-state index contributed by atoms with van der Waals surface area (Å²) in [5.41, 5.74) is 9.78. The van der Waals surface area contributed by atoms with Crippen LogP contribution in [0.5, 0.6) is 0 Å². The van der Waals surface area contributed by atoms with Gasteiger partial charge in [0.1, 0.15) is 18.1 Å². The maximum Gasteiger partial charge on any atom is 0.324 e. The van der Waals surface area contributed by atoms with Gasteiger partial charge in [-0.3, -0.25) is 29.2 Å². The van der Waals surface area contributed by atoms with Crippen LogP contribution in [0.1, 0.15) is 89.9 Å². The van der Waals surface area contributed by atoms with Crippen LogP contribution in [-0.4, -0.2) is 156 Å². The maximum absolute atomic E-state index is 14.7. The molecule has 0 spiro atoms. The average molecular weight is 941 g/mol. The van der Waals surface area contributed by atoms with Gasteiger partial charge in [0.2, 0.25) is 11.8 Å². The number of urea groups is 1. The van der Waals surface area contributed by atoms with E-state index in [-0.39, 0.29) is 49.1 Å². The molecule has 3 aromatic rings. The quantitative estimate of drug-likeness (QED) is 0.191. The van der Waals surface area contributed by atoms with Crippen LogP contribution in [0.25, 0.3) is 27.7 Å². The number of nitrogens with zero attached hydrogens (tertiary/aromatic N) is 7. The van der Waals surface area contributed by atoms with Crippen molar-refractivity contribution < 1.29 is 33.4 Å². The van der Waals surface area contributed by atoms with Crippen LogP contribution in [0, 0.1) is 11.3 Å². The number of nitrogens with one attached hydrogen (secondary N) is 3. The molecule has 5 amide bonds. The summed E-state index contributed by atoms with van der Waals surface area (Å²) in [4.78, 5) is 84.8. The maximum atomic E-state index is 14.7. The molecule has 0 saturated carbocycles. The standard InChI is InChI=1S/C49H68N10O7S/c1-10-58-39-16-15-30-21-33(39)34(43(58)32-13-11-18-50-41(32)29(4)65-9)23-49(5,6)27-66-47(63)35-14-12-19-59(54-35)46(62)36(22-40-52-38(30)26-67-40)53-44(60)42(28(2)3)56(8)48(64)57-20-17-31(25-57)55(7)45(61)37-24-51-37/h15-16,18,21,26,28-29,31,35-37,42,51,54H,10-14,17,19-20,22-25,27H2,1-9H3,(H,53,60)/t29-,31+,35-,36-,37-,42-/m0/s1. The Hall–Kier alpha value is -5.17. The highest BCUT2D eigenvalue weighted by molar-refractivity contribution is 7.10. The summed E-state index contributed by atoms with van der Waals surface area (Å²) in [5.74, 6) is -1.62. The number of carbonyl (C=O) groups is 5. The molecule has 0 unspecified atom stereocenters. The number of fused-ring (bicyclic) bond motifs is 6. The largest absolute Gasteiger partial charge is 0.464 e. The third kappa shape index (κ3) is 10.0. The number of methoxy groups -OCH3 is 1. The number of carbonyl (C=O) groups excluding carboxylic acids is 5. The molecule has 17 nitrogen and oxygen atoms in total. The molecule has 3 N–H and O–H groups in total. The van der Waals surface area contributed by atoms with Gasteiger partial charge in [0.15, 0.2) is 0 Å². The first kappa shape index (κ1) is 48.3. The van der Waals surface area contributed by atoms with Gasteiger partial charge in [-0.1, -0.05) is 33.8 Å². The van der Waals surface area contributed by atoms with Crippen molar-refractivity contribution in [3.05, 3.63) is 45.5 Å². The zero-order chi connectivity index (χ0) is 47.9. The van der Waals surface area contributed by atoms with Gasteiger partial charge >= 0.3 is 12.0 Å². The Bertz CT molecular complexity index is 2450. The fourth-order valence-corrected chi connectivity index (χ4v) is 11.1. The topological polar surface area (TPSA) is 193 Å². The van der Waals surface area contributed by atoms with Crippen LogP contribution in [0.3, 0.4) is 0 Å². The number of ether oxygens (including phenoxy) is 2. The minimum absolute atomic E-state index is 0.0193. The smallest absolute Gasteiger partial charge is 0.324 e. The molecule has 3 fully saturated rings. The second kappa shape index (κ2) is 19.8. The molecule has 2 aromatic heterocycles. The summed E-state index contributed by atoms with van der Waals surface area (Å²) in [6.07, 6.45) is 5.76. The van der Waals surface area contributed by atoms with Gasteiger partial charge in [0.05, 0.1) is 46.9 Å². The molecule has 18 heteroatoms. The highest BCUT2D eigenvalue weighted by Gasteiger charge is 2.42. The van der Waals surface area contributed by atoms with Gasteiger partial charge in [-0.25, -0.2) is 15.2 Å². The second-order valence-electron chi connectivity index (χ2n) is 19.9. The first-order valence-corrected chi connectivity index (χ1v) is 24.8. The number of esters is 1. The lowest BCUT2D eigenvalue weighted by molar-refractivity contribution is -0.155. The Labute approximate surface area is 397 Å². The van der Waals surface area contributed by atoms with Crippen molar-refractivity contribution in [1.82, 2.24) is 45.3 Å². The Morgan fingerprint density at radius 1 is 1.12 bits per heavy atom. The molecule has 6 bridgehead atoms. The van der Waals surface area contributed by atoms with E-state index in [2.05, 4.69) is 59.6 Å². The van der Waals surface area contributed by atoms with Crippen LogP contribution < -0.4 is 16.1 Å². The summed E-state index contributed by atoms with van der Waals surface area (Å²) < 4.78 is 14.3. The van der Waals surface area contributed by atoms with Crippen molar-refractivity contribution in [3.63, 3.8) is 0 Å². The van der Waals surface area contributed by atoms with Crippen molar-refractivity contribution in [1.29, 1.82) is 0 Å². The number of thiazole rings is 1. The molecular formula is C49H68N10O7S. The summed E-state index contributed by atoms with van der Waals surface area (Å²) >= 11 is 1.42. The SMILES string of the molecule is CCn1c(C2=C([C@H](C)OC)N=CCC2)c2c3cc(ccc31)-c1csc(n1)C[C@H](NC(=O)[C@H](C(C)C)N(C)C(=O)N1CC[C@@H](N(C)C(=O)[C@@H]3CN3)C1)C(=O)N1CCC[C@H](N1)C(=O)OCC(C)(C)C2. The van der Waals surface area contributed by atoms with Crippen LogP contribution in [-0.2, 0) is 48.0 Å². The van der Waals surface area contributed by atoms with Gasteiger partial charge in [0.25, 0.3) is 5.91 Å². The highest BCUT2D eigenvalue weighted by atomic mass is 32.1. The lowest BCUT2D eigenvalue weighted by Gasteiger charge is -2.37. The average Bonchev–Trinajstić information content (AvgIpc) is 3.72. The molecule has 362 valence electrons. The monoisotopic (exact) mass is 940 g/mol. The summed E-state index contributed by atoms with van der Waals surface area (Å²) in [6.45, 7) is 14.8. The van der Waals surface area contributed by atoms with Crippen molar-refractivity contribution in [2.45, 2.75) is 129 Å². The van der Waals surface area contributed by atoms with Crippen LogP contribution >= 0.6 is 11.3 Å². The fourth-order valence-electron chi connectivity index (χ4n) is 10.2. The van der Waals surface area contributed by atoms with Gasteiger partial charge < -0.3 is 39.4 Å². The molecule has 6 atom stereocenters.